The van der Waals surface area contributed by atoms with E-state index >= 15 is 0 Å². The van der Waals surface area contributed by atoms with E-state index in [-0.39, 0.29) is 5.66 Å². The molecule has 0 aromatic carbocycles. The Labute approximate surface area is 74.5 Å². The van der Waals surface area contributed by atoms with Crippen molar-refractivity contribution in [2.75, 3.05) is 0 Å². The third-order valence-electron chi connectivity index (χ3n) is 2.17. The Morgan fingerprint density at radius 3 is 2.42 bits per heavy atom. The second-order valence-corrected chi connectivity index (χ2v) is 3.82. The summed E-state index contributed by atoms with van der Waals surface area (Å²) in [4.78, 5) is 0. The Kier molecular flexibility index (Phi) is 2.86. The summed E-state index contributed by atoms with van der Waals surface area (Å²) >= 11 is 0. The van der Waals surface area contributed by atoms with Crippen molar-refractivity contribution in [3.05, 3.63) is 0 Å². The van der Waals surface area contributed by atoms with Crippen molar-refractivity contribution in [1.29, 1.82) is 0 Å². The minimum absolute atomic E-state index is 0.0589. The smallest absolute Gasteiger partial charge is 0.159 e. The minimum atomic E-state index is -0.0589. The average molecular weight is 164 g/mol. The fourth-order valence-electron chi connectivity index (χ4n) is 1.19. The second kappa shape index (κ2) is 3.71. The third kappa shape index (κ3) is 2.65. The van der Waals surface area contributed by atoms with Gasteiger partial charge in [-0.25, -0.2) is 0 Å². The maximum Gasteiger partial charge on any atom is 0.191 e. The summed E-state index contributed by atoms with van der Waals surface area (Å²) < 4.78 is 0. The molecule has 0 atom stereocenters. The fraction of sp³-hybridized carbons (Fsp3) is 0.800. The van der Waals surface area contributed by atoms with Crippen LogP contribution in [0.25, 0.3) is 0 Å². The van der Waals surface area contributed by atoms with E-state index in [4.69, 9.17) is 6.42 Å². The zero-order valence-corrected chi connectivity index (χ0v) is 7.88. The van der Waals surface area contributed by atoms with Gasteiger partial charge in [-0.05, 0) is 18.8 Å². The van der Waals surface area contributed by atoms with Crippen LogP contribution in [0.15, 0.2) is 10.2 Å². The van der Waals surface area contributed by atoms with Gasteiger partial charge in [0.1, 0.15) is 0 Å². The van der Waals surface area contributed by atoms with E-state index in [2.05, 4.69) is 30.0 Å². The van der Waals surface area contributed by atoms with Crippen LogP contribution in [0.5, 0.6) is 0 Å². The average Bonchev–Trinajstić information content (AvgIpc) is 2.79. The number of nitrogens with zero attached hydrogens (tertiary/aromatic N) is 2. The molecule has 1 heterocycles. The predicted octanol–water partition coefficient (Wildman–Crippen LogP) is 3.00. The molecule has 0 aliphatic carbocycles. The minimum Gasteiger partial charge on any atom is -0.159 e. The molecule has 66 valence electrons. The van der Waals surface area contributed by atoms with Crippen LogP contribution in [0, 0.1) is 18.3 Å². The molecule has 1 aliphatic heterocycles. The van der Waals surface area contributed by atoms with Gasteiger partial charge in [0.05, 0.1) is 0 Å². The van der Waals surface area contributed by atoms with Crippen molar-refractivity contribution in [2.24, 2.45) is 16.1 Å². The molecule has 1 rings (SSSR count). The first-order chi connectivity index (χ1) is 5.68. The molecular formula is C10H16N2. The molecule has 0 saturated heterocycles. The quantitative estimate of drug-likeness (QED) is 0.558. The Morgan fingerprint density at radius 1 is 1.33 bits per heavy atom. The van der Waals surface area contributed by atoms with Crippen molar-refractivity contribution >= 4 is 0 Å². The van der Waals surface area contributed by atoms with Crippen LogP contribution in [0.1, 0.15) is 39.5 Å². The maximum absolute atomic E-state index is 5.19. The summed E-state index contributed by atoms with van der Waals surface area (Å²) in [5, 5.41) is 8.15. The van der Waals surface area contributed by atoms with Gasteiger partial charge >= 0.3 is 0 Å². The molecule has 2 nitrogen and oxygen atoms in total. The molecule has 2 heteroatoms. The first-order valence-corrected chi connectivity index (χ1v) is 4.56. The molecule has 0 bridgehead atoms. The van der Waals surface area contributed by atoms with Crippen molar-refractivity contribution in [3.63, 3.8) is 0 Å². The van der Waals surface area contributed by atoms with Crippen LogP contribution >= 0.6 is 0 Å². The first kappa shape index (κ1) is 9.25. The number of terminal acetylenes is 1. The van der Waals surface area contributed by atoms with E-state index in [1.807, 2.05) is 0 Å². The number of rotatable bonds is 5. The molecular weight excluding hydrogens is 148 g/mol. The van der Waals surface area contributed by atoms with Gasteiger partial charge in [0.15, 0.2) is 5.66 Å². The maximum atomic E-state index is 5.19. The Hall–Kier alpha value is -0.840. The van der Waals surface area contributed by atoms with E-state index in [1.165, 1.54) is 6.42 Å². The normalized spacial score (nSPS) is 17.8. The summed E-state index contributed by atoms with van der Waals surface area (Å²) in [6.07, 6.45) is 9.19. The fourth-order valence-corrected chi connectivity index (χ4v) is 1.19. The SMILES string of the molecule is C#CCCC1(CCC(C)C)N=N1. The summed E-state index contributed by atoms with van der Waals surface area (Å²) in [6, 6.07) is 0. The van der Waals surface area contributed by atoms with E-state index in [0.29, 0.717) is 0 Å². The zero-order valence-electron chi connectivity index (χ0n) is 7.88. The van der Waals surface area contributed by atoms with Crippen LogP contribution in [0.2, 0.25) is 0 Å². The molecule has 0 unspecified atom stereocenters. The second-order valence-electron chi connectivity index (χ2n) is 3.82. The monoisotopic (exact) mass is 164 g/mol. The van der Waals surface area contributed by atoms with Gasteiger partial charge in [-0.15, -0.1) is 12.3 Å². The molecule has 12 heavy (non-hydrogen) atoms. The summed E-state index contributed by atoms with van der Waals surface area (Å²) in [5.41, 5.74) is -0.0589. The lowest BCUT2D eigenvalue weighted by Gasteiger charge is -2.09. The lowest BCUT2D eigenvalue weighted by Crippen LogP contribution is -2.11. The van der Waals surface area contributed by atoms with Crippen LogP contribution in [0.3, 0.4) is 0 Å². The lowest BCUT2D eigenvalue weighted by molar-refractivity contribution is 0.442. The van der Waals surface area contributed by atoms with Crippen molar-refractivity contribution < 1.29 is 0 Å². The van der Waals surface area contributed by atoms with Gasteiger partial charge in [0.2, 0.25) is 0 Å². The van der Waals surface area contributed by atoms with Crippen molar-refractivity contribution in [2.45, 2.75) is 45.2 Å². The first-order valence-electron chi connectivity index (χ1n) is 4.56. The highest BCUT2D eigenvalue weighted by Gasteiger charge is 2.38. The molecule has 0 saturated carbocycles. The van der Waals surface area contributed by atoms with Crippen LogP contribution in [-0.2, 0) is 0 Å². The van der Waals surface area contributed by atoms with Crippen molar-refractivity contribution in [3.8, 4) is 12.3 Å². The predicted molar refractivity (Wildman–Crippen MR) is 49.7 cm³/mol. The molecule has 0 radical (unpaired) electrons. The summed E-state index contributed by atoms with van der Waals surface area (Å²) in [7, 11) is 0. The molecule has 1 aliphatic rings. The summed E-state index contributed by atoms with van der Waals surface area (Å²) in [6.45, 7) is 4.44. The van der Waals surface area contributed by atoms with Crippen LogP contribution in [0.4, 0.5) is 0 Å². The Bertz CT molecular complexity index is 204. The highest BCUT2D eigenvalue weighted by molar-refractivity contribution is 4.97. The van der Waals surface area contributed by atoms with Gasteiger partial charge in [-0.3, -0.25) is 0 Å². The van der Waals surface area contributed by atoms with Crippen molar-refractivity contribution in [1.82, 2.24) is 0 Å². The highest BCUT2D eigenvalue weighted by Crippen LogP contribution is 2.38. The van der Waals surface area contributed by atoms with E-state index in [0.717, 1.165) is 25.2 Å². The largest absolute Gasteiger partial charge is 0.191 e. The van der Waals surface area contributed by atoms with E-state index < -0.39 is 0 Å². The van der Waals surface area contributed by atoms with Crippen LogP contribution < -0.4 is 0 Å². The third-order valence-corrected chi connectivity index (χ3v) is 2.17. The molecule has 0 aromatic rings. The Morgan fingerprint density at radius 2 is 2.00 bits per heavy atom. The van der Waals surface area contributed by atoms with E-state index in [1.54, 1.807) is 0 Å². The molecule has 0 fully saturated rings. The summed E-state index contributed by atoms with van der Waals surface area (Å²) in [5.74, 6) is 3.37. The topological polar surface area (TPSA) is 24.7 Å². The number of hydrogen-bond donors (Lipinski definition) is 0. The van der Waals surface area contributed by atoms with Gasteiger partial charge in [0.25, 0.3) is 0 Å². The van der Waals surface area contributed by atoms with Gasteiger partial charge in [0, 0.05) is 12.8 Å². The molecule has 0 spiro atoms. The molecule has 0 amide bonds. The Balaban J connectivity index is 2.17. The van der Waals surface area contributed by atoms with Gasteiger partial charge in [-0.2, -0.15) is 10.2 Å². The standard InChI is InChI=1S/C10H16N2/c1-4-5-7-10(11-12-10)8-6-9(2)3/h1,9H,5-8H2,2-3H3. The van der Waals surface area contributed by atoms with Crippen LogP contribution in [-0.4, -0.2) is 5.66 Å². The van der Waals surface area contributed by atoms with Gasteiger partial charge < -0.3 is 0 Å². The van der Waals surface area contributed by atoms with Gasteiger partial charge in [-0.1, -0.05) is 13.8 Å². The highest BCUT2D eigenvalue weighted by atomic mass is 15.4. The van der Waals surface area contributed by atoms with E-state index in [9.17, 15) is 0 Å². The zero-order chi connectivity index (χ0) is 9.03. The molecule has 0 aromatic heterocycles. The molecule has 0 N–H and O–H groups in total. The number of hydrogen-bond acceptors (Lipinski definition) is 2. The lowest BCUT2D eigenvalue weighted by atomic mass is 9.97.